The number of hydrogen-bond acceptors (Lipinski definition) is 10. The number of rotatable bonds is 3. The van der Waals surface area contributed by atoms with E-state index in [2.05, 4.69) is 23.9 Å². The van der Waals surface area contributed by atoms with Crippen LogP contribution in [0.1, 0.15) is 17.3 Å². The zero-order valence-electron chi connectivity index (χ0n) is 17.2. The Kier molecular flexibility index (Phi) is 4.40. The van der Waals surface area contributed by atoms with Gasteiger partial charge >= 0.3 is 0 Å². The van der Waals surface area contributed by atoms with Crippen LogP contribution in [0.2, 0.25) is 0 Å². The molecule has 4 aromatic rings. The maximum absolute atomic E-state index is 13.9. The molecule has 2 unspecified atom stereocenters. The normalized spacial score (nSPS) is 20.5. The fourth-order valence-corrected chi connectivity index (χ4v) is 6.83. The molecule has 4 heterocycles. The summed E-state index contributed by atoms with van der Waals surface area (Å²) < 4.78 is 37.7. The van der Waals surface area contributed by atoms with Crippen LogP contribution in [0.15, 0.2) is 58.5 Å². The second-order valence-corrected chi connectivity index (χ2v) is 10.3. The van der Waals surface area contributed by atoms with Gasteiger partial charge in [0.15, 0.2) is 11.8 Å². The minimum Gasteiger partial charge on any atom is -0.369 e. The summed E-state index contributed by atoms with van der Waals surface area (Å²) in [6.45, 7) is 0.143. The molecule has 5 N–H and O–H groups in total. The van der Waals surface area contributed by atoms with E-state index in [1.165, 1.54) is 4.31 Å². The molecule has 0 fully saturated rings. The highest BCUT2D eigenvalue weighted by Gasteiger charge is 2.40. The number of benzene rings is 2. The molecule has 0 amide bonds. The number of nitrogens with two attached hydrogens (primary N) is 2. The van der Waals surface area contributed by atoms with E-state index >= 15 is 0 Å². The summed E-state index contributed by atoms with van der Waals surface area (Å²) in [6.07, 6.45) is 1.56. The van der Waals surface area contributed by atoms with Gasteiger partial charge in [-0.25, -0.2) is 8.42 Å². The van der Waals surface area contributed by atoms with Gasteiger partial charge in [-0.05, 0) is 30.2 Å². The van der Waals surface area contributed by atoms with Crippen LogP contribution in [0.5, 0.6) is 0 Å². The van der Waals surface area contributed by atoms with E-state index in [0.29, 0.717) is 34.5 Å². The van der Waals surface area contributed by atoms with Crippen LogP contribution in [-0.4, -0.2) is 50.8 Å². The van der Waals surface area contributed by atoms with Crippen molar-refractivity contribution in [1.82, 2.24) is 23.8 Å². The summed E-state index contributed by atoms with van der Waals surface area (Å²) in [5, 5.41) is 6.79. The number of fused-ring (bicyclic) bond motifs is 3. The molecule has 0 saturated heterocycles. The fraction of sp³-hybridized carbons (Fsp3) is 0.200. The minimum absolute atomic E-state index is 0.117. The average molecular weight is 482 g/mol. The van der Waals surface area contributed by atoms with Crippen molar-refractivity contribution in [2.24, 2.45) is 16.5 Å². The SMILES string of the molecule is NC1=Nc2[nH]ncc2C(N)N1C1Cc2ccccc2N(S(=O)(=O)c2cccc3nsnc23)C1. The van der Waals surface area contributed by atoms with E-state index in [1.807, 2.05) is 24.3 Å². The van der Waals surface area contributed by atoms with Crippen molar-refractivity contribution in [1.29, 1.82) is 0 Å². The van der Waals surface area contributed by atoms with Crippen molar-refractivity contribution < 1.29 is 8.42 Å². The molecule has 2 aliphatic rings. The maximum atomic E-state index is 13.9. The van der Waals surface area contributed by atoms with E-state index in [-0.39, 0.29) is 23.4 Å². The fourth-order valence-electron chi connectivity index (χ4n) is 4.53. The highest BCUT2D eigenvalue weighted by Crippen LogP contribution is 2.38. The molecule has 6 rings (SSSR count). The van der Waals surface area contributed by atoms with Crippen LogP contribution >= 0.6 is 11.7 Å². The Morgan fingerprint density at radius 1 is 1.12 bits per heavy atom. The molecule has 0 aliphatic carbocycles. The van der Waals surface area contributed by atoms with Gasteiger partial charge in [0, 0.05) is 0 Å². The Balaban J connectivity index is 1.46. The van der Waals surface area contributed by atoms with Crippen LogP contribution in [0, 0.1) is 0 Å². The molecule has 2 aromatic carbocycles. The highest BCUT2D eigenvalue weighted by molar-refractivity contribution is 7.93. The second-order valence-electron chi connectivity index (χ2n) is 7.91. The second kappa shape index (κ2) is 7.23. The number of nitrogens with one attached hydrogen (secondary N) is 1. The number of anilines is 1. The summed E-state index contributed by atoms with van der Waals surface area (Å²) in [5.41, 5.74) is 15.9. The monoisotopic (exact) mass is 481 g/mol. The van der Waals surface area contributed by atoms with Gasteiger partial charge in [0.25, 0.3) is 10.0 Å². The summed E-state index contributed by atoms with van der Waals surface area (Å²) >= 11 is 0.985. The van der Waals surface area contributed by atoms with Crippen molar-refractivity contribution in [2.45, 2.75) is 23.5 Å². The lowest BCUT2D eigenvalue weighted by molar-refractivity contribution is 0.233. The third-order valence-corrected chi connectivity index (χ3v) is 8.41. The summed E-state index contributed by atoms with van der Waals surface area (Å²) in [4.78, 5) is 6.27. The topological polar surface area (TPSA) is 159 Å². The van der Waals surface area contributed by atoms with Crippen molar-refractivity contribution in [3.8, 4) is 0 Å². The van der Waals surface area contributed by atoms with E-state index < -0.39 is 16.2 Å². The molecule has 13 heteroatoms. The first-order valence-electron chi connectivity index (χ1n) is 10.2. The molecule has 0 bridgehead atoms. The molecule has 168 valence electrons. The van der Waals surface area contributed by atoms with Crippen LogP contribution < -0.4 is 15.8 Å². The van der Waals surface area contributed by atoms with Crippen LogP contribution in [0.25, 0.3) is 11.0 Å². The number of nitrogens with zero attached hydrogens (tertiary/aromatic N) is 6. The molecular weight excluding hydrogens is 462 g/mol. The van der Waals surface area contributed by atoms with Gasteiger partial charge in [-0.1, -0.05) is 24.3 Å². The number of hydrogen-bond donors (Lipinski definition) is 3. The molecule has 0 radical (unpaired) electrons. The molecule has 0 spiro atoms. The van der Waals surface area contributed by atoms with E-state index in [1.54, 1.807) is 29.3 Å². The predicted molar refractivity (Wildman–Crippen MR) is 125 cm³/mol. The third-order valence-electron chi connectivity index (χ3n) is 6.06. The van der Waals surface area contributed by atoms with E-state index in [4.69, 9.17) is 11.5 Å². The predicted octanol–water partition coefficient (Wildman–Crippen LogP) is 1.45. The number of aromatic amines is 1. The van der Waals surface area contributed by atoms with Gasteiger partial charge in [-0.3, -0.25) is 9.40 Å². The largest absolute Gasteiger partial charge is 0.369 e. The van der Waals surface area contributed by atoms with Crippen molar-refractivity contribution in [2.75, 3.05) is 10.8 Å². The molecule has 11 nitrogen and oxygen atoms in total. The molecule has 33 heavy (non-hydrogen) atoms. The number of guanidine groups is 1. The Bertz CT molecular complexity index is 1510. The number of para-hydroxylation sites is 1. The Morgan fingerprint density at radius 2 is 1.97 bits per heavy atom. The highest BCUT2D eigenvalue weighted by atomic mass is 32.2. The van der Waals surface area contributed by atoms with Gasteiger partial charge in [0.1, 0.15) is 22.1 Å². The minimum atomic E-state index is -3.96. The van der Waals surface area contributed by atoms with Crippen LogP contribution in [-0.2, 0) is 16.4 Å². The van der Waals surface area contributed by atoms with E-state index in [0.717, 1.165) is 17.3 Å². The van der Waals surface area contributed by atoms with Crippen molar-refractivity contribution in [3.05, 3.63) is 59.8 Å². The van der Waals surface area contributed by atoms with Crippen LogP contribution in [0.4, 0.5) is 11.5 Å². The maximum Gasteiger partial charge on any atom is 0.266 e. The Morgan fingerprint density at radius 3 is 2.85 bits per heavy atom. The van der Waals surface area contributed by atoms with Gasteiger partial charge in [0.2, 0.25) is 0 Å². The zero-order chi connectivity index (χ0) is 22.7. The smallest absolute Gasteiger partial charge is 0.266 e. The lowest BCUT2D eigenvalue weighted by Crippen LogP contribution is -2.57. The number of H-pyrrole nitrogens is 1. The van der Waals surface area contributed by atoms with E-state index in [9.17, 15) is 8.42 Å². The number of sulfonamides is 1. The zero-order valence-corrected chi connectivity index (χ0v) is 18.8. The third kappa shape index (κ3) is 3.00. The molecular formula is C20H19N9O2S2. The average Bonchev–Trinajstić information content (AvgIpc) is 3.47. The van der Waals surface area contributed by atoms with Gasteiger partial charge in [-0.2, -0.15) is 18.8 Å². The molecule has 2 aromatic heterocycles. The first-order valence-corrected chi connectivity index (χ1v) is 12.4. The lowest BCUT2D eigenvalue weighted by Gasteiger charge is -2.44. The quantitative estimate of drug-likeness (QED) is 0.396. The molecule has 2 aliphatic heterocycles. The number of aliphatic imine (C=N–C) groups is 1. The van der Waals surface area contributed by atoms with Gasteiger partial charge in [0.05, 0.1) is 41.8 Å². The summed E-state index contributed by atoms with van der Waals surface area (Å²) in [7, 11) is -3.96. The van der Waals surface area contributed by atoms with Gasteiger partial charge in [-0.15, -0.1) is 0 Å². The molecule has 0 saturated carbocycles. The number of aromatic nitrogens is 4. The summed E-state index contributed by atoms with van der Waals surface area (Å²) in [5.74, 6) is 0.728. The van der Waals surface area contributed by atoms with Crippen molar-refractivity contribution in [3.63, 3.8) is 0 Å². The molecule has 2 atom stereocenters. The summed E-state index contributed by atoms with van der Waals surface area (Å²) in [6, 6.07) is 12.1. The van der Waals surface area contributed by atoms with Crippen molar-refractivity contribution >= 4 is 50.2 Å². The van der Waals surface area contributed by atoms with Gasteiger partial charge < -0.3 is 16.4 Å². The standard InChI is InChI=1S/C20H19N9O2S2/c21-18-13-9-23-25-19(13)24-20(22)29(18)12-8-11-4-1-2-6-15(11)28(10-12)33(30,31)16-7-3-5-14-17(16)27-32-26-14/h1-7,9,12,18H,8,10,21H2,(H3,22,23,24,25). The lowest BCUT2D eigenvalue weighted by atomic mass is 9.97. The van der Waals surface area contributed by atoms with Crippen LogP contribution in [0.3, 0.4) is 0 Å². The first-order chi connectivity index (χ1) is 15.9. The Hall–Kier alpha value is -3.55. The Labute approximate surface area is 193 Å². The first kappa shape index (κ1) is 20.1.